The molecule has 3 fully saturated rings. The van der Waals surface area contributed by atoms with E-state index >= 15 is 0 Å². The summed E-state index contributed by atoms with van der Waals surface area (Å²) < 4.78 is 27.7. The Bertz CT molecular complexity index is 859. The highest BCUT2D eigenvalue weighted by Gasteiger charge is 2.37. The molecule has 2 aliphatic heterocycles. The summed E-state index contributed by atoms with van der Waals surface area (Å²) in [4.78, 5) is 43.1. The summed E-state index contributed by atoms with van der Waals surface area (Å²) in [5.41, 5.74) is 0.146. The first-order chi connectivity index (χ1) is 14.9. The Morgan fingerprint density at radius 1 is 1.10 bits per heavy atom. The van der Waals surface area contributed by atoms with E-state index in [2.05, 4.69) is 5.32 Å². The van der Waals surface area contributed by atoms with Gasteiger partial charge in [-0.2, -0.15) is 0 Å². The van der Waals surface area contributed by atoms with Gasteiger partial charge in [0.05, 0.1) is 19.0 Å². The Morgan fingerprint density at radius 3 is 2.61 bits per heavy atom. The molecule has 2 saturated heterocycles. The summed E-state index contributed by atoms with van der Waals surface area (Å²) in [5.74, 6) is -2.51. The molecule has 1 aromatic rings. The summed E-state index contributed by atoms with van der Waals surface area (Å²) in [6.07, 6.45) is 4.21. The SMILES string of the molecule is O=C1NCCN(Cc2cccc(F)c2F)C1CC(=O)N1CCN(C2CCCC2)C(=O)C1. The quantitative estimate of drug-likeness (QED) is 0.758. The normalized spacial score (nSPS) is 23.4. The molecule has 0 aromatic heterocycles. The van der Waals surface area contributed by atoms with Crippen molar-refractivity contribution in [1.82, 2.24) is 20.0 Å². The number of nitrogens with one attached hydrogen (secondary N) is 1. The lowest BCUT2D eigenvalue weighted by atomic mass is 10.1. The Morgan fingerprint density at radius 2 is 1.87 bits per heavy atom. The minimum absolute atomic E-state index is 0.0300. The Hall–Kier alpha value is -2.55. The molecule has 3 aliphatic rings. The number of piperazine rings is 2. The molecular weight excluding hydrogens is 406 g/mol. The molecule has 1 aliphatic carbocycles. The van der Waals surface area contributed by atoms with Crippen LogP contribution in [0.3, 0.4) is 0 Å². The van der Waals surface area contributed by atoms with Crippen molar-refractivity contribution in [3.05, 3.63) is 35.4 Å². The van der Waals surface area contributed by atoms with Crippen LogP contribution in [0.15, 0.2) is 18.2 Å². The van der Waals surface area contributed by atoms with Crippen LogP contribution in [0.1, 0.15) is 37.7 Å². The van der Waals surface area contributed by atoms with Crippen LogP contribution in [0.25, 0.3) is 0 Å². The monoisotopic (exact) mass is 434 g/mol. The van der Waals surface area contributed by atoms with E-state index in [1.807, 2.05) is 4.90 Å². The van der Waals surface area contributed by atoms with Crippen molar-refractivity contribution in [2.75, 3.05) is 32.7 Å². The van der Waals surface area contributed by atoms with Crippen molar-refractivity contribution in [3.8, 4) is 0 Å². The Labute approximate surface area is 180 Å². The van der Waals surface area contributed by atoms with E-state index in [4.69, 9.17) is 0 Å². The van der Waals surface area contributed by atoms with Crippen molar-refractivity contribution in [3.63, 3.8) is 0 Å². The minimum Gasteiger partial charge on any atom is -0.353 e. The van der Waals surface area contributed by atoms with E-state index in [-0.39, 0.29) is 48.8 Å². The smallest absolute Gasteiger partial charge is 0.242 e. The van der Waals surface area contributed by atoms with Gasteiger partial charge in [-0.25, -0.2) is 8.78 Å². The second kappa shape index (κ2) is 9.30. The van der Waals surface area contributed by atoms with Gasteiger partial charge >= 0.3 is 0 Å². The van der Waals surface area contributed by atoms with Crippen molar-refractivity contribution < 1.29 is 23.2 Å². The minimum atomic E-state index is -0.940. The second-order valence-corrected chi connectivity index (χ2v) is 8.54. The molecule has 1 aromatic carbocycles. The fraction of sp³-hybridized carbons (Fsp3) is 0.591. The fourth-order valence-corrected chi connectivity index (χ4v) is 4.86. The first-order valence-corrected chi connectivity index (χ1v) is 11.0. The van der Waals surface area contributed by atoms with Crippen LogP contribution >= 0.6 is 0 Å². The third kappa shape index (κ3) is 4.71. The third-order valence-electron chi connectivity index (χ3n) is 6.59. The van der Waals surface area contributed by atoms with E-state index in [0.717, 1.165) is 31.7 Å². The topological polar surface area (TPSA) is 73.0 Å². The molecule has 1 unspecified atom stereocenters. The zero-order chi connectivity index (χ0) is 22.0. The molecule has 0 radical (unpaired) electrons. The summed E-state index contributed by atoms with van der Waals surface area (Å²) >= 11 is 0. The van der Waals surface area contributed by atoms with Crippen LogP contribution in [0, 0.1) is 11.6 Å². The van der Waals surface area contributed by atoms with Crippen LogP contribution in [-0.4, -0.2) is 77.2 Å². The van der Waals surface area contributed by atoms with E-state index < -0.39 is 17.7 Å². The molecule has 1 saturated carbocycles. The van der Waals surface area contributed by atoms with Gasteiger partial charge in [-0.3, -0.25) is 19.3 Å². The number of rotatable bonds is 5. The maximum Gasteiger partial charge on any atom is 0.242 e. The molecule has 7 nitrogen and oxygen atoms in total. The standard InChI is InChI=1S/C22H28F2N4O3/c23-17-7-3-4-15(21(17)24)13-26-9-8-25-22(31)18(26)12-19(29)27-10-11-28(20(30)14-27)16-5-1-2-6-16/h3-4,7,16,18H,1-2,5-6,8-14H2,(H,25,31). The molecule has 0 spiro atoms. The maximum absolute atomic E-state index is 14.1. The van der Waals surface area contributed by atoms with Gasteiger partial charge < -0.3 is 15.1 Å². The van der Waals surface area contributed by atoms with Crippen molar-refractivity contribution in [2.45, 2.75) is 50.7 Å². The predicted molar refractivity (Wildman–Crippen MR) is 109 cm³/mol. The molecule has 1 atom stereocenters. The summed E-state index contributed by atoms with van der Waals surface area (Å²) in [7, 11) is 0. The van der Waals surface area contributed by atoms with Crippen molar-refractivity contribution >= 4 is 17.7 Å². The van der Waals surface area contributed by atoms with E-state index in [1.165, 1.54) is 17.0 Å². The highest BCUT2D eigenvalue weighted by Crippen LogP contribution is 2.25. The van der Waals surface area contributed by atoms with Crippen molar-refractivity contribution in [2.24, 2.45) is 0 Å². The highest BCUT2D eigenvalue weighted by atomic mass is 19.2. The number of nitrogens with zero attached hydrogens (tertiary/aromatic N) is 3. The van der Waals surface area contributed by atoms with Crippen LogP contribution in [0.5, 0.6) is 0 Å². The number of benzene rings is 1. The van der Waals surface area contributed by atoms with Crippen LogP contribution < -0.4 is 5.32 Å². The summed E-state index contributed by atoms with van der Waals surface area (Å²) in [6.45, 7) is 1.83. The van der Waals surface area contributed by atoms with Crippen LogP contribution in [0.2, 0.25) is 0 Å². The molecule has 3 amide bonds. The molecule has 1 N–H and O–H groups in total. The molecule has 168 valence electrons. The lowest BCUT2D eigenvalue weighted by Crippen LogP contribution is -2.58. The Kier molecular flexibility index (Phi) is 6.50. The molecule has 2 heterocycles. The fourth-order valence-electron chi connectivity index (χ4n) is 4.86. The van der Waals surface area contributed by atoms with Crippen molar-refractivity contribution in [1.29, 1.82) is 0 Å². The van der Waals surface area contributed by atoms with Crippen LogP contribution in [0.4, 0.5) is 8.78 Å². The summed E-state index contributed by atoms with van der Waals surface area (Å²) in [5, 5.41) is 2.74. The van der Waals surface area contributed by atoms with E-state index in [0.29, 0.717) is 26.2 Å². The van der Waals surface area contributed by atoms with Gasteiger partial charge in [-0.05, 0) is 18.9 Å². The lowest BCUT2D eigenvalue weighted by molar-refractivity contribution is -0.148. The molecule has 0 bridgehead atoms. The zero-order valence-electron chi connectivity index (χ0n) is 17.5. The number of hydrogen-bond donors (Lipinski definition) is 1. The lowest BCUT2D eigenvalue weighted by Gasteiger charge is -2.39. The van der Waals surface area contributed by atoms with Crippen LogP contribution in [-0.2, 0) is 20.9 Å². The van der Waals surface area contributed by atoms with Gasteiger partial charge in [0.25, 0.3) is 0 Å². The molecular formula is C22H28F2N4O3. The summed E-state index contributed by atoms with van der Waals surface area (Å²) in [6, 6.07) is 3.45. The van der Waals surface area contributed by atoms with E-state index in [9.17, 15) is 23.2 Å². The molecule has 9 heteroatoms. The average molecular weight is 434 g/mol. The zero-order valence-corrected chi connectivity index (χ0v) is 17.5. The first kappa shape index (κ1) is 21.7. The molecule has 4 rings (SSSR count). The largest absolute Gasteiger partial charge is 0.353 e. The number of hydrogen-bond acceptors (Lipinski definition) is 4. The van der Waals surface area contributed by atoms with Gasteiger partial charge in [-0.15, -0.1) is 0 Å². The average Bonchev–Trinajstić information content (AvgIpc) is 3.28. The Balaban J connectivity index is 1.40. The second-order valence-electron chi connectivity index (χ2n) is 8.54. The first-order valence-electron chi connectivity index (χ1n) is 11.0. The predicted octanol–water partition coefficient (Wildman–Crippen LogP) is 1.27. The third-order valence-corrected chi connectivity index (χ3v) is 6.59. The highest BCUT2D eigenvalue weighted by molar-refractivity contribution is 5.91. The van der Waals surface area contributed by atoms with Gasteiger partial charge in [0.15, 0.2) is 11.6 Å². The van der Waals surface area contributed by atoms with Gasteiger partial charge in [0, 0.05) is 44.3 Å². The number of carbonyl (C=O) groups is 3. The number of carbonyl (C=O) groups excluding carboxylic acids is 3. The maximum atomic E-state index is 14.1. The molecule has 31 heavy (non-hydrogen) atoms. The number of halogens is 2. The number of amides is 3. The van der Waals surface area contributed by atoms with Gasteiger partial charge in [-0.1, -0.05) is 25.0 Å². The van der Waals surface area contributed by atoms with E-state index in [1.54, 1.807) is 4.90 Å². The van der Waals surface area contributed by atoms with Gasteiger partial charge in [0.1, 0.15) is 0 Å². The van der Waals surface area contributed by atoms with Gasteiger partial charge in [0.2, 0.25) is 17.7 Å².